The Morgan fingerprint density at radius 1 is 1.50 bits per heavy atom. The minimum atomic E-state index is 0.473. The molecule has 0 spiro atoms. The van der Waals surface area contributed by atoms with Gasteiger partial charge < -0.3 is 10.6 Å². The first-order valence-electron chi connectivity index (χ1n) is 5.11. The summed E-state index contributed by atoms with van der Waals surface area (Å²) >= 11 is 0. The van der Waals surface area contributed by atoms with Crippen molar-refractivity contribution in [1.82, 2.24) is 10.6 Å². The third-order valence-corrected chi connectivity index (χ3v) is 2.93. The molecular weight excluding hydrogens is 148 g/mol. The van der Waals surface area contributed by atoms with Crippen molar-refractivity contribution < 1.29 is 0 Å². The minimum Gasteiger partial charge on any atom is -0.315 e. The number of rotatable bonds is 3. The van der Waals surface area contributed by atoms with Crippen LogP contribution in [0.25, 0.3) is 0 Å². The van der Waals surface area contributed by atoms with E-state index in [-0.39, 0.29) is 0 Å². The van der Waals surface area contributed by atoms with Crippen molar-refractivity contribution in [2.75, 3.05) is 19.6 Å². The molecule has 0 aromatic heterocycles. The second-order valence-electron chi connectivity index (χ2n) is 4.41. The second-order valence-corrected chi connectivity index (χ2v) is 4.41. The van der Waals surface area contributed by atoms with Crippen LogP contribution < -0.4 is 10.6 Å². The normalized spacial score (nSPS) is 28.8. The van der Waals surface area contributed by atoms with Gasteiger partial charge in [0.15, 0.2) is 0 Å². The largest absolute Gasteiger partial charge is 0.315 e. The van der Waals surface area contributed by atoms with Crippen LogP contribution in [0.1, 0.15) is 33.6 Å². The molecule has 2 nitrogen and oxygen atoms in total. The molecule has 1 atom stereocenters. The van der Waals surface area contributed by atoms with E-state index in [1.165, 1.54) is 19.4 Å². The van der Waals surface area contributed by atoms with Crippen LogP contribution in [0.2, 0.25) is 0 Å². The third-order valence-electron chi connectivity index (χ3n) is 2.93. The molecule has 2 N–H and O–H groups in total. The Balaban J connectivity index is 2.37. The molecule has 72 valence electrons. The monoisotopic (exact) mass is 170 g/mol. The molecule has 1 unspecified atom stereocenters. The van der Waals surface area contributed by atoms with Gasteiger partial charge in [0, 0.05) is 12.6 Å². The maximum absolute atomic E-state index is 3.58. The highest BCUT2D eigenvalue weighted by atomic mass is 15.0. The molecule has 0 amide bonds. The Morgan fingerprint density at radius 3 is 2.83 bits per heavy atom. The van der Waals surface area contributed by atoms with Crippen molar-refractivity contribution in [3.63, 3.8) is 0 Å². The predicted octanol–water partition coefficient (Wildman–Crippen LogP) is 1.37. The van der Waals surface area contributed by atoms with E-state index in [1.54, 1.807) is 0 Å². The van der Waals surface area contributed by atoms with Crippen LogP contribution in [0.15, 0.2) is 0 Å². The summed E-state index contributed by atoms with van der Waals surface area (Å²) in [6.45, 7) is 10.3. The molecular formula is C10H22N2. The van der Waals surface area contributed by atoms with Crippen LogP contribution in [0.5, 0.6) is 0 Å². The summed E-state index contributed by atoms with van der Waals surface area (Å²) in [4.78, 5) is 0. The fraction of sp³-hybridized carbons (Fsp3) is 1.00. The number of piperidine rings is 1. The van der Waals surface area contributed by atoms with Gasteiger partial charge in [0.25, 0.3) is 0 Å². The van der Waals surface area contributed by atoms with Crippen LogP contribution in [-0.4, -0.2) is 25.7 Å². The summed E-state index contributed by atoms with van der Waals surface area (Å²) in [6, 6.07) is 0.659. The first kappa shape index (κ1) is 10.0. The minimum absolute atomic E-state index is 0.473. The van der Waals surface area contributed by atoms with Crippen LogP contribution in [0.4, 0.5) is 0 Å². The van der Waals surface area contributed by atoms with Gasteiger partial charge in [-0.05, 0) is 31.3 Å². The van der Waals surface area contributed by atoms with Gasteiger partial charge in [-0.2, -0.15) is 0 Å². The maximum Gasteiger partial charge on any atom is 0.0243 e. The SMILES string of the molecule is CCNCC1NCCCC1(C)C. The Kier molecular flexibility index (Phi) is 3.53. The Hall–Kier alpha value is -0.0800. The lowest BCUT2D eigenvalue weighted by Crippen LogP contribution is -2.51. The van der Waals surface area contributed by atoms with Crippen molar-refractivity contribution in [3.05, 3.63) is 0 Å². The van der Waals surface area contributed by atoms with Crippen molar-refractivity contribution in [1.29, 1.82) is 0 Å². The zero-order valence-electron chi connectivity index (χ0n) is 8.61. The van der Waals surface area contributed by atoms with Gasteiger partial charge in [0.2, 0.25) is 0 Å². The molecule has 12 heavy (non-hydrogen) atoms. The van der Waals surface area contributed by atoms with Gasteiger partial charge in [-0.3, -0.25) is 0 Å². The lowest BCUT2D eigenvalue weighted by Gasteiger charge is -2.39. The maximum atomic E-state index is 3.58. The fourth-order valence-corrected chi connectivity index (χ4v) is 1.91. The smallest absolute Gasteiger partial charge is 0.0243 e. The average Bonchev–Trinajstić information content (AvgIpc) is 2.02. The molecule has 1 rings (SSSR count). The summed E-state index contributed by atoms with van der Waals surface area (Å²) in [6.07, 6.45) is 2.69. The van der Waals surface area contributed by atoms with Gasteiger partial charge in [-0.1, -0.05) is 20.8 Å². The Labute approximate surface area is 76.1 Å². The lowest BCUT2D eigenvalue weighted by molar-refractivity contribution is 0.177. The van der Waals surface area contributed by atoms with Gasteiger partial charge in [0.05, 0.1) is 0 Å². The summed E-state index contributed by atoms with van der Waals surface area (Å²) in [5.41, 5.74) is 0.473. The van der Waals surface area contributed by atoms with Crippen molar-refractivity contribution in [3.8, 4) is 0 Å². The predicted molar refractivity (Wildman–Crippen MR) is 53.3 cm³/mol. The van der Waals surface area contributed by atoms with Crippen molar-refractivity contribution >= 4 is 0 Å². The molecule has 0 bridgehead atoms. The number of nitrogens with one attached hydrogen (secondary N) is 2. The molecule has 1 aliphatic heterocycles. The third kappa shape index (κ3) is 2.46. The molecule has 1 aliphatic rings. The lowest BCUT2D eigenvalue weighted by atomic mass is 9.77. The van der Waals surface area contributed by atoms with E-state index >= 15 is 0 Å². The Morgan fingerprint density at radius 2 is 2.25 bits per heavy atom. The highest BCUT2D eigenvalue weighted by Crippen LogP contribution is 2.29. The quantitative estimate of drug-likeness (QED) is 0.668. The molecule has 2 heteroatoms. The van der Waals surface area contributed by atoms with Gasteiger partial charge in [-0.15, -0.1) is 0 Å². The van der Waals surface area contributed by atoms with Crippen LogP contribution in [-0.2, 0) is 0 Å². The molecule has 0 radical (unpaired) electrons. The molecule has 0 aromatic carbocycles. The van der Waals surface area contributed by atoms with Crippen LogP contribution in [0, 0.1) is 5.41 Å². The highest BCUT2D eigenvalue weighted by Gasteiger charge is 2.30. The summed E-state index contributed by atoms with van der Waals surface area (Å²) in [7, 11) is 0. The molecule has 1 fully saturated rings. The number of hydrogen-bond donors (Lipinski definition) is 2. The summed E-state index contributed by atoms with van der Waals surface area (Å²) in [5, 5.41) is 6.99. The first-order valence-corrected chi connectivity index (χ1v) is 5.11. The van der Waals surface area contributed by atoms with E-state index in [9.17, 15) is 0 Å². The van der Waals surface area contributed by atoms with Crippen LogP contribution >= 0.6 is 0 Å². The van der Waals surface area contributed by atoms with Gasteiger partial charge in [0.1, 0.15) is 0 Å². The first-order chi connectivity index (χ1) is 5.67. The second kappa shape index (κ2) is 4.24. The molecule has 0 aromatic rings. The standard InChI is InChI=1S/C10H22N2/c1-4-11-8-9-10(2,3)6-5-7-12-9/h9,11-12H,4-8H2,1-3H3. The van der Waals surface area contributed by atoms with Crippen molar-refractivity contribution in [2.24, 2.45) is 5.41 Å². The molecule has 0 aliphatic carbocycles. The Bertz CT molecular complexity index is 132. The van der Waals surface area contributed by atoms with E-state index in [1.807, 2.05) is 0 Å². The van der Waals surface area contributed by atoms with E-state index in [2.05, 4.69) is 31.4 Å². The van der Waals surface area contributed by atoms with E-state index < -0.39 is 0 Å². The zero-order valence-corrected chi connectivity index (χ0v) is 8.61. The fourth-order valence-electron chi connectivity index (χ4n) is 1.91. The summed E-state index contributed by atoms with van der Waals surface area (Å²) < 4.78 is 0. The van der Waals surface area contributed by atoms with Crippen LogP contribution in [0.3, 0.4) is 0 Å². The molecule has 1 heterocycles. The van der Waals surface area contributed by atoms with Gasteiger partial charge in [-0.25, -0.2) is 0 Å². The number of likely N-dealkylation sites (N-methyl/N-ethyl adjacent to an activating group) is 1. The zero-order chi connectivity index (χ0) is 9.03. The van der Waals surface area contributed by atoms with E-state index in [0.717, 1.165) is 13.1 Å². The van der Waals surface area contributed by atoms with E-state index in [4.69, 9.17) is 0 Å². The number of hydrogen-bond acceptors (Lipinski definition) is 2. The highest BCUT2D eigenvalue weighted by molar-refractivity contribution is 4.89. The van der Waals surface area contributed by atoms with E-state index in [0.29, 0.717) is 11.5 Å². The van der Waals surface area contributed by atoms with Crippen molar-refractivity contribution in [2.45, 2.75) is 39.7 Å². The summed E-state index contributed by atoms with van der Waals surface area (Å²) in [5.74, 6) is 0. The molecule has 1 saturated heterocycles. The molecule has 0 saturated carbocycles. The average molecular weight is 170 g/mol. The van der Waals surface area contributed by atoms with Gasteiger partial charge >= 0.3 is 0 Å². The topological polar surface area (TPSA) is 24.1 Å².